The molecule has 0 spiro atoms. The van der Waals surface area contributed by atoms with Gasteiger partial charge >= 0.3 is 0 Å². The molecule has 3 nitrogen and oxygen atoms in total. The molecule has 3 rings (SSSR count). The van der Waals surface area contributed by atoms with Gasteiger partial charge < -0.3 is 15.2 Å². The summed E-state index contributed by atoms with van der Waals surface area (Å²) in [5, 5.41) is 0. The van der Waals surface area contributed by atoms with Crippen LogP contribution < -0.4 is 15.2 Å². The Kier molecular flexibility index (Phi) is 3.84. The smallest absolute Gasteiger partial charge is 0.126 e. The minimum Gasteiger partial charge on any atom is -0.494 e. The third kappa shape index (κ3) is 2.88. The van der Waals surface area contributed by atoms with Crippen molar-refractivity contribution in [2.24, 2.45) is 5.73 Å². The van der Waals surface area contributed by atoms with Crippen LogP contribution in [0.5, 0.6) is 11.5 Å². The zero-order valence-electron chi connectivity index (χ0n) is 12.5. The van der Waals surface area contributed by atoms with Gasteiger partial charge in [-0.15, -0.1) is 0 Å². The molecule has 1 aliphatic heterocycles. The van der Waals surface area contributed by atoms with E-state index in [-0.39, 0.29) is 12.1 Å². The third-order valence-electron chi connectivity index (χ3n) is 3.86. The molecule has 21 heavy (non-hydrogen) atoms. The molecule has 110 valence electrons. The lowest BCUT2D eigenvalue weighted by Crippen LogP contribution is -2.24. The third-order valence-corrected chi connectivity index (χ3v) is 3.86. The number of benzene rings is 2. The summed E-state index contributed by atoms with van der Waals surface area (Å²) in [6.45, 7) is 4.73. The molecule has 0 amide bonds. The van der Waals surface area contributed by atoms with Crippen LogP contribution in [0.2, 0.25) is 0 Å². The standard InChI is InChI=1S/C18H21NO2/c1-3-20-14-7-5-13(6-8-14)18-11-16(19)15-10-12(2)4-9-17(15)21-18/h4-10,16,18H,3,11,19H2,1-2H3/t16-,18?/m1/s1. The maximum absolute atomic E-state index is 6.32. The highest BCUT2D eigenvalue weighted by molar-refractivity contribution is 5.42. The van der Waals surface area contributed by atoms with Crippen LogP contribution >= 0.6 is 0 Å². The van der Waals surface area contributed by atoms with Crippen LogP contribution in [0.15, 0.2) is 42.5 Å². The summed E-state index contributed by atoms with van der Waals surface area (Å²) in [5.74, 6) is 1.79. The average Bonchev–Trinajstić information content (AvgIpc) is 2.49. The van der Waals surface area contributed by atoms with E-state index in [0.717, 1.165) is 29.0 Å². The van der Waals surface area contributed by atoms with Crippen molar-refractivity contribution in [3.63, 3.8) is 0 Å². The monoisotopic (exact) mass is 283 g/mol. The minimum atomic E-state index is 0.00545. The second-order valence-corrected chi connectivity index (χ2v) is 5.49. The molecule has 3 heteroatoms. The van der Waals surface area contributed by atoms with Gasteiger partial charge in [0, 0.05) is 18.0 Å². The fourth-order valence-electron chi connectivity index (χ4n) is 2.77. The van der Waals surface area contributed by atoms with Gasteiger partial charge in [0.25, 0.3) is 0 Å². The Hall–Kier alpha value is -2.00. The fourth-order valence-corrected chi connectivity index (χ4v) is 2.77. The normalized spacial score (nSPS) is 20.5. The average molecular weight is 283 g/mol. The van der Waals surface area contributed by atoms with Gasteiger partial charge in [-0.2, -0.15) is 0 Å². The predicted molar refractivity (Wildman–Crippen MR) is 83.7 cm³/mol. The van der Waals surface area contributed by atoms with E-state index in [1.54, 1.807) is 0 Å². The van der Waals surface area contributed by atoms with Crippen LogP contribution in [-0.2, 0) is 0 Å². The maximum Gasteiger partial charge on any atom is 0.126 e. The highest BCUT2D eigenvalue weighted by Gasteiger charge is 2.27. The number of fused-ring (bicyclic) bond motifs is 1. The number of hydrogen-bond donors (Lipinski definition) is 1. The van der Waals surface area contributed by atoms with Gasteiger partial charge in [-0.25, -0.2) is 0 Å². The Morgan fingerprint density at radius 1 is 1.19 bits per heavy atom. The van der Waals surface area contributed by atoms with Gasteiger partial charge in [-0.05, 0) is 37.6 Å². The predicted octanol–water partition coefficient (Wildman–Crippen LogP) is 3.92. The topological polar surface area (TPSA) is 44.5 Å². The summed E-state index contributed by atoms with van der Waals surface area (Å²) >= 11 is 0. The summed E-state index contributed by atoms with van der Waals surface area (Å²) in [6.07, 6.45) is 0.802. The molecule has 1 unspecified atom stereocenters. The summed E-state index contributed by atoms with van der Waals surface area (Å²) in [6, 6.07) is 14.3. The van der Waals surface area contributed by atoms with Crippen molar-refractivity contribution in [3.05, 3.63) is 59.2 Å². The maximum atomic E-state index is 6.32. The SMILES string of the molecule is CCOc1ccc(C2C[C@@H](N)c3cc(C)ccc3O2)cc1. The molecule has 1 heterocycles. The molecular weight excluding hydrogens is 262 g/mol. The quantitative estimate of drug-likeness (QED) is 0.928. The zero-order chi connectivity index (χ0) is 14.8. The molecule has 1 aliphatic rings. The summed E-state index contributed by atoms with van der Waals surface area (Å²) in [5.41, 5.74) is 9.78. The Balaban J connectivity index is 1.83. The van der Waals surface area contributed by atoms with Crippen LogP contribution in [0, 0.1) is 6.92 Å². The van der Waals surface area contributed by atoms with E-state index in [1.165, 1.54) is 5.56 Å². The van der Waals surface area contributed by atoms with Gasteiger partial charge in [0.05, 0.1) is 6.61 Å². The van der Waals surface area contributed by atoms with Crippen molar-refractivity contribution < 1.29 is 9.47 Å². The minimum absolute atomic E-state index is 0.00545. The number of nitrogens with two attached hydrogens (primary N) is 1. The van der Waals surface area contributed by atoms with Gasteiger partial charge in [0.1, 0.15) is 17.6 Å². The summed E-state index contributed by atoms with van der Waals surface area (Å²) in [4.78, 5) is 0. The van der Waals surface area contributed by atoms with E-state index in [1.807, 2.05) is 25.1 Å². The van der Waals surface area contributed by atoms with Gasteiger partial charge in [-0.3, -0.25) is 0 Å². The molecule has 0 saturated heterocycles. The summed E-state index contributed by atoms with van der Waals surface area (Å²) in [7, 11) is 0. The van der Waals surface area contributed by atoms with E-state index in [4.69, 9.17) is 15.2 Å². The molecular formula is C18H21NO2. The lowest BCUT2D eigenvalue weighted by atomic mass is 9.92. The number of hydrogen-bond acceptors (Lipinski definition) is 3. The molecule has 0 saturated carbocycles. The largest absolute Gasteiger partial charge is 0.494 e. The molecule has 2 atom stereocenters. The van der Waals surface area contributed by atoms with E-state index in [9.17, 15) is 0 Å². The van der Waals surface area contributed by atoms with Crippen LogP contribution in [0.1, 0.15) is 42.2 Å². The Bertz CT molecular complexity index is 622. The second kappa shape index (κ2) is 5.78. The second-order valence-electron chi connectivity index (χ2n) is 5.49. The molecule has 0 bridgehead atoms. The van der Waals surface area contributed by atoms with Crippen molar-refractivity contribution in [1.29, 1.82) is 0 Å². The van der Waals surface area contributed by atoms with Gasteiger partial charge in [0.2, 0.25) is 0 Å². The van der Waals surface area contributed by atoms with Crippen LogP contribution in [0.4, 0.5) is 0 Å². The van der Waals surface area contributed by atoms with E-state index >= 15 is 0 Å². The first kappa shape index (κ1) is 14.0. The first-order valence-corrected chi connectivity index (χ1v) is 7.43. The molecule has 0 aliphatic carbocycles. The Morgan fingerprint density at radius 2 is 1.95 bits per heavy atom. The van der Waals surface area contributed by atoms with Crippen LogP contribution in [-0.4, -0.2) is 6.61 Å². The number of aryl methyl sites for hydroxylation is 1. The first-order chi connectivity index (χ1) is 10.2. The van der Waals surface area contributed by atoms with E-state index < -0.39 is 0 Å². The highest BCUT2D eigenvalue weighted by Crippen LogP contribution is 2.40. The highest BCUT2D eigenvalue weighted by atomic mass is 16.5. The Labute approximate surface area is 125 Å². The number of rotatable bonds is 3. The molecule has 0 radical (unpaired) electrons. The molecule has 2 aromatic carbocycles. The lowest BCUT2D eigenvalue weighted by molar-refractivity contribution is 0.161. The lowest BCUT2D eigenvalue weighted by Gasteiger charge is -2.31. The number of ether oxygens (including phenoxy) is 2. The van der Waals surface area contributed by atoms with E-state index in [0.29, 0.717) is 6.61 Å². The van der Waals surface area contributed by atoms with Gasteiger partial charge in [0.15, 0.2) is 0 Å². The molecule has 2 N–H and O–H groups in total. The van der Waals surface area contributed by atoms with Crippen LogP contribution in [0.25, 0.3) is 0 Å². The van der Waals surface area contributed by atoms with Crippen molar-refractivity contribution in [2.45, 2.75) is 32.4 Å². The van der Waals surface area contributed by atoms with Crippen molar-refractivity contribution in [3.8, 4) is 11.5 Å². The van der Waals surface area contributed by atoms with Gasteiger partial charge in [-0.1, -0.05) is 29.8 Å². The van der Waals surface area contributed by atoms with Crippen molar-refractivity contribution >= 4 is 0 Å². The van der Waals surface area contributed by atoms with Crippen molar-refractivity contribution in [2.75, 3.05) is 6.61 Å². The fraction of sp³-hybridized carbons (Fsp3) is 0.333. The molecule has 0 aromatic heterocycles. The van der Waals surface area contributed by atoms with Crippen LogP contribution in [0.3, 0.4) is 0 Å². The zero-order valence-corrected chi connectivity index (χ0v) is 12.5. The first-order valence-electron chi connectivity index (χ1n) is 7.43. The molecule has 0 fully saturated rings. The van der Waals surface area contributed by atoms with Crippen molar-refractivity contribution in [1.82, 2.24) is 0 Å². The van der Waals surface area contributed by atoms with E-state index in [2.05, 4.69) is 31.2 Å². The summed E-state index contributed by atoms with van der Waals surface area (Å²) < 4.78 is 11.6. The molecule has 2 aromatic rings. The Morgan fingerprint density at radius 3 is 2.67 bits per heavy atom.